The Hall–Kier alpha value is -1.39. The van der Waals surface area contributed by atoms with Gasteiger partial charge in [0.25, 0.3) is 0 Å². The minimum Gasteiger partial charge on any atom is -0.494 e. The summed E-state index contributed by atoms with van der Waals surface area (Å²) < 4.78 is 19.4. The highest BCUT2D eigenvalue weighted by Gasteiger charge is 2.18. The Balaban J connectivity index is 2.28. The first-order valence-corrected chi connectivity index (χ1v) is 7.27. The quantitative estimate of drug-likeness (QED) is 0.868. The van der Waals surface area contributed by atoms with Crippen LogP contribution in [0.4, 0.5) is 4.39 Å². The molecule has 2 nitrogen and oxygen atoms in total. The zero-order chi connectivity index (χ0) is 13.7. The standard InChI is InChI=1S/C15H18FNOS/c1-3-17-13(9-11-7-8-19-10-11)12-5-4-6-14(18-2)15(12)16/h4-8,10,13,17H,3,9H2,1-2H3. The fourth-order valence-electron chi connectivity index (χ4n) is 2.14. The van der Waals surface area contributed by atoms with E-state index >= 15 is 0 Å². The summed E-state index contributed by atoms with van der Waals surface area (Å²) >= 11 is 1.66. The van der Waals surface area contributed by atoms with Gasteiger partial charge in [-0.3, -0.25) is 0 Å². The predicted octanol–water partition coefficient (Wildman–Crippen LogP) is 3.79. The van der Waals surface area contributed by atoms with E-state index in [4.69, 9.17) is 4.74 Å². The van der Waals surface area contributed by atoms with E-state index in [1.807, 2.05) is 24.4 Å². The van der Waals surface area contributed by atoms with E-state index in [0.717, 1.165) is 13.0 Å². The van der Waals surface area contributed by atoms with Crippen LogP contribution in [-0.2, 0) is 6.42 Å². The lowest BCUT2D eigenvalue weighted by molar-refractivity contribution is 0.379. The minimum absolute atomic E-state index is 0.0327. The molecule has 0 fully saturated rings. The van der Waals surface area contributed by atoms with Crippen LogP contribution in [0.2, 0.25) is 0 Å². The zero-order valence-corrected chi connectivity index (χ0v) is 12.0. The van der Waals surface area contributed by atoms with Crippen molar-refractivity contribution in [2.75, 3.05) is 13.7 Å². The molecule has 2 rings (SSSR count). The number of rotatable bonds is 6. The van der Waals surface area contributed by atoms with Crippen molar-refractivity contribution in [1.29, 1.82) is 0 Å². The molecular weight excluding hydrogens is 261 g/mol. The van der Waals surface area contributed by atoms with Crippen molar-refractivity contribution < 1.29 is 9.13 Å². The van der Waals surface area contributed by atoms with Gasteiger partial charge in [-0.25, -0.2) is 4.39 Å². The summed E-state index contributed by atoms with van der Waals surface area (Å²) in [5.41, 5.74) is 1.88. The third kappa shape index (κ3) is 3.33. The van der Waals surface area contributed by atoms with Gasteiger partial charge >= 0.3 is 0 Å². The summed E-state index contributed by atoms with van der Waals surface area (Å²) in [6, 6.07) is 7.33. The molecule has 0 spiro atoms. The topological polar surface area (TPSA) is 21.3 Å². The Labute approximate surface area is 117 Å². The molecule has 0 bridgehead atoms. The lowest BCUT2D eigenvalue weighted by Gasteiger charge is -2.19. The van der Waals surface area contributed by atoms with Crippen molar-refractivity contribution in [1.82, 2.24) is 5.32 Å². The van der Waals surface area contributed by atoms with Crippen molar-refractivity contribution in [3.63, 3.8) is 0 Å². The van der Waals surface area contributed by atoms with Crippen LogP contribution in [0.1, 0.15) is 24.1 Å². The number of thiophene rings is 1. The average molecular weight is 279 g/mol. The molecule has 0 radical (unpaired) electrons. The minimum atomic E-state index is -0.272. The normalized spacial score (nSPS) is 12.4. The number of halogens is 1. The van der Waals surface area contributed by atoms with Crippen LogP contribution in [0.5, 0.6) is 5.75 Å². The Bertz CT molecular complexity index is 513. The van der Waals surface area contributed by atoms with Gasteiger partial charge in [-0.15, -0.1) is 0 Å². The highest BCUT2D eigenvalue weighted by atomic mass is 32.1. The fraction of sp³-hybridized carbons (Fsp3) is 0.333. The van der Waals surface area contributed by atoms with Crippen LogP contribution < -0.4 is 10.1 Å². The monoisotopic (exact) mass is 279 g/mol. The number of nitrogens with one attached hydrogen (secondary N) is 1. The van der Waals surface area contributed by atoms with Crippen LogP contribution in [-0.4, -0.2) is 13.7 Å². The molecule has 0 saturated carbocycles. The molecule has 0 saturated heterocycles. The molecule has 2 aromatic rings. The molecule has 1 aromatic heterocycles. The molecule has 19 heavy (non-hydrogen) atoms. The maximum Gasteiger partial charge on any atom is 0.169 e. The highest BCUT2D eigenvalue weighted by Crippen LogP contribution is 2.27. The van der Waals surface area contributed by atoms with Crippen molar-refractivity contribution in [3.8, 4) is 5.75 Å². The van der Waals surface area contributed by atoms with Gasteiger partial charge in [0.15, 0.2) is 11.6 Å². The van der Waals surface area contributed by atoms with Gasteiger partial charge in [0.05, 0.1) is 7.11 Å². The molecule has 102 valence electrons. The molecule has 1 N–H and O–H groups in total. The Kier molecular flexibility index (Phi) is 4.93. The predicted molar refractivity (Wildman–Crippen MR) is 77.4 cm³/mol. The second kappa shape index (κ2) is 6.68. The molecule has 1 unspecified atom stereocenters. The van der Waals surface area contributed by atoms with E-state index in [-0.39, 0.29) is 11.9 Å². The molecule has 4 heteroatoms. The molecule has 1 atom stereocenters. The first kappa shape index (κ1) is 14.0. The van der Waals surface area contributed by atoms with Gasteiger partial charge in [0, 0.05) is 11.6 Å². The molecule has 0 amide bonds. The summed E-state index contributed by atoms with van der Waals surface area (Å²) in [4.78, 5) is 0. The molecule has 1 heterocycles. The third-order valence-corrected chi connectivity index (χ3v) is 3.79. The van der Waals surface area contributed by atoms with Gasteiger partial charge in [-0.1, -0.05) is 19.1 Å². The van der Waals surface area contributed by atoms with Crippen molar-refractivity contribution >= 4 is 11.3 Å². The second-order valence-electron chi connectivity index (χ2n) is 4.31. The van der Waals surface area contributed by atoms with E-state index in [9.17, 15) is 4.39 Å². The summed E-state index contributed by atoms with van der Waals surface area (Å²) in [5.74, 6) is 0.0249. The molecule has 1 aromatic carbocycles. The van der Waals surface area contributed by atoms with Gasteiger partial charge in [0.1, 0.15) is 0 Å². The third-order valence-electron chi connectivity index (χ3n) is 3.06. The zero-order valence-electron chi connectivity index (χ0n) is 11.2. The van der Waals surface area contributed by atoms with Crippen LogP contribution >= 0.6 is 11.3 Å². The van der Waals surface area contributed by atoms with Crippen LogP contribution in [0.15, 0.2) is 35.0 Å². The van der Waals surface area contributed by atoms with Crippen molar-refractivity contribution in [3.05, 3.63) is 52.0 Å². The Morgan fingerprint density at radius 2 is 2.21 bits per heavy atom. The molecule has 0 aliphatic carbocycles. The van der Waals surface area contributed by atoms with Gasteiger partial charge in [-0.2, -0.15) is 11.3 Å². The van der Waals surface area contributed by atoms with Gasteiger partial charge in [0.2, 0.25) is 0 Å². The van der Waals surface area contributed by atoms with E-state index in [2.05, 4.69) is 16.8 Å². The summed E-state index contributed by atoms with van der Waals surface area (Å²) in [6.07, 6.45) is 0.779. The lowest BCUT2D eigenvalue weighted by atomic mass is 9.99. The number of ether oxygens (including phenoxy) is 1. The van der Waals surface area contributed by atoms with Crippen molar-refractivity contribution in [2.45, 2.75) is 19.4 Å². The lowest BCUT2D eigenvalue weighted by Crippen LogP contribution is -2.24. The summed E-state index contributed by atoms with van der Waals surface area (Å²) in [6.45, 7) is 2.82. The number of methoxy groups -OCH3 is 1. The van der Waals surface area contributed by atoms with E-state index < -0.39 is 0 Å². The van der Waals surface area contributed by atoms with Crippen molar-refractivity contribution in [2.24, 2.45) is 0 Å². The Morgan fingerprint density at radius 3 is 2.84 bits per heavy atom. The summed E-state index contributed by atoms with van der Waals surface area (Å²) in [7, 11) is 1.49. The van der Waals surface area contributed by atoms with Gasteiger partial charge in [-0.05, 0) is 41.4 Å². The molecule has 0 aliphatic rings. The number of hydrogen-bond donors (Lipinski definition) is 1. The Morgan fingerprint density at radius 1 is 1.37 bits per heavy atom. The van der Waals surface area contributed by atoms with E-state index in [1.54, 1.807) is 17.4 Å². The average Bonchev–Trinajstić information content (AvgIpc) is 2.91. The van der Waals surface area contributed by atoms with Crippen LogP contribution in [0.3, 0.4) is 0 Å². The van der Waals surface area contributed by atoms with E-state index in [1.165, 1.54) is 12.7 Å². The maximum atomic E-state index is 14.3. The molecule has 0 aliphatic heterocycles. The first-order chi connectivity index (χ1) is 9.26. The number of likely N-dealkylation sites (N-methyl/N-ethyl adjacent to an activating group) is 1. The maximum absolute atomic E-state index is 14.3. The molecular formula is C15H18FNOS. The van der Waals surface area contributed by atoms with E-state index in [0.29, 0.717) is 11.3 Å². The summed E-state index contributed by atoms with van der Waals surface area (Å²) in [5, 5.41) is 7.48. The van der Waals surface area contributed by atoms with Crippen LogP contribution in [0.25, 0.3) is 0 Å². The number of hydrogen-bond acceptors (Lipinski definition) is 3. The second-order valence-corrected chi connectivity index (χ2v) is 5.09. The van der Waals surface area contributed by atoms with Gasteiger partial charge < -0.3 is 10.1 Å². The smallest absolute Gasteiger partial charge is 0.169 e. The van der Waals surface area contributed by atoms with Crippen LogP contribution in [0, 0.1) is 5.82 Å². The first-order valence-electron chi connectivity index (χ1n) is 6.33. The number of benzene rings is 1. The largest absolute Gasteiger partial charge is 0.494 e. The SMILES string of the molecule is CCNC(Cc1ccsc1)c1cccc(OC)c1F. The fourth-order valence-corrected chi connectivity index (χ4v) is 2.82. The highest BCUT2D eigenvalue weighted by molar-refractivity contribution is 7.07.